The summed E-state index contributed by atoms with van der Waals surface area (Å²) in [4.78, 5) is 28.9. The zero-order valence-corrected chi connectivity index (χ0v) is 16.2. The molecule has 0 unspecified atom stereocenters. The largest absolute Gasteiger partial charge is 0.496 e. The van der Waals surface area contributed by atoms with Crippen LogP contribution in [0, 0.1) is 13.8 Å². The average Bonchev–Trinajstić information content (AvgIpc) is 3.08. The lowest BCUT2D eigenvalue weighted by atomic mass is 10.0. The third kappa shape index (κ3) is 4.32. The van der Waals surface area contributed by atoms with Crippen LogP contribution in [0.1, 0.15) is 33.7 Å². The first kappa shape index (κ1) is 19.0. The lowest BCUT2D eigenvalue weighted by Gasteiger charge is -2.22. The summed E-state index contributed by atoms with van der Waals surface area (Å²) in [6.45, 7) is 6.37. The number of carbonyl (C=O) groups excluding carboxylic acids is 2. The van der Waals surface area contributed by atoms with Gasteiger partial charge in [-0.15, -0.1) is 0 Å². The fourth-order valence-electron chi connectivity index (χ4n) is 3.38. The Morgan fingerprint density at radius 2 is 1.78 bits per heavy atom. The van der Waals surface area contributed by atoms with Crippen molar-refractivity contribution in [2.45, 2.75) is 26.7 Å². The minimum Gasteiger partial charge on any atom is -0.496 e. The van der Waals surface area contributed by atoms with Crippen molar-refractivity contribution >= 4 is 11.8 Å². The van der Waals surface area contributed by atoms with E-state index in [1.807, 2.05) is 30.9 Å². The first-order valence-electron chi connectivity index (χ1n) is 9.24. The van der Waals surface area contributed by atoms with E-state index in [9.17, 15) is 9.59 Å². The molecule has 0 spiro atoms. The molecule has 6 heteroatoms. The maximum Gasteiger partial charge on any atom is 0.289 e. The second-order valence-corrected chi connectivity index (χ2v) is 6.93. The maximum atomic E-state index is 12.8. The zero-order chi connectivity index (χ0) is 19.4. The summed E-state index contributed by atoms with van der Waals surface area (Å²) in [6.07, 6.45) is 2.55. The normalized spacial score (nSPS) is 14.8. The number of aryl methyl sites for hydroxylation is 2. The number of hydrogen-bond donors (Lipinski definition) is 0. The van der Waals surface area contributed by atoms with Crippen LogP contribution < -0.4 is 4.74 Å². The van der Waals surface area contributed by atoms with E-state index in [-0.39, 0.29) is 11.8 Å². The fourth-order valence-corrected chi connectivity index (χ4v) is 3.38. The van der Waals surface area contributed by atoms with Gasteiger partial charge in [-0.2, -0.15) is 0 Å². The topological polar surface area (TPSA) is 63.0 Å². The molecule has 0 radical (unpaired) electrons. The highest BCUT2D eigenvalue weighted by Crippen LogP contribution is 2.24. The predicted octanol–water partition coefficient (Wildman–Crippen LogP) is 2.82. The molecule has 0 N–H and O–H groups in total. The summed E-state index contributed by atoms with van der Waals surface area (Å²) >= 11 is 0. The van der Waals surface area contributed by atoms with Crippen LogP contribution in [0.15, 0.2) is 34.9 Å². The molecule has 0 aliphatic carbocycles. The summed E-state index contributed by atoms with van der Waals surface area (Å²) in [5.74, 6) is 1.03. The zero-order valence-electron chi connectivity index (χ0n) is 16.2. The summed E-state index contributed by atoms with van der Waals surface area (Å²) in [7, 11) is 1.63. The number of amides is 2. The standard InChI is InChI=1S/C21H26N2O4/c1-15-12-17(19(26-3)13-16(15)2)14-20(24)22-7-5-8-23(10-9-22)21(25)18-6-4-11-27-18/h4,6,11-13H,5,7-10,14H2,1-3H3. The van der Waals surface area contributed by atoms with Crippen LogP contribution >= 0.6 is 0 Å². The number of hydrogen-bond acceptors (Lipinski definition) is 4. The lowest BCUT2D eigenvalue weighted by Crippen LogP contribution is -2.37. The number of benzene rings is 1. The van der Waals surface area contributed by atoms with Gasteiger partial charge in [-0.05, 0) is 49.6 Å². The molecule has 1 aliphatic rings. The Morgan fingerprint density at radius 1 is 1.07 bits per heavy atom. The van der Waals surface area contributed by atoms with Crippen molar-refractivity contribution in [2.75, 3.05) is 33.3 Å². The van der Waals surface area contributed by atoms with Crippen LogP contribution in [0.25, 0.3) is 0 Å². The van der Waals surface area contributed by atoms with Gasteiger partial charge in [0.25, 0.3) is 5.91 Å². The molecule has 0 atom stereocenters. The summed E-state index contributed by atoms with van der Waals surface area (Å²) in [5.41, 5.74) is 3.19. The van der Waals surface area contributed by atoms with Gasteiger partial charge in [0.05, 0.1) is 19.8 Å². The first-order chi connectivity index (χ1) is 13.0. The van der Waals surface area contributed by atoms with Gasteiger partial charge in [0.15, 0.2) is 5.76 Å². The molecule has 6 nitrogen and oxygen atoms in total. The van der Waals surface area contributed by atoms with Crippen molar-refractivity contribution in [2.24, 2.45) is 0 Å². The third-order valence-electron chi connectivity index (χ3n) is 5.11. The second kappa shape index (κ2) is 8.29. The second-order valence-electron chi connectivity index (χ2n) is 6.93. The van der Waals surface area contributed by atoms with Gasteiger partial charge < -0.3 is 19.0 Å². The van der Waals surface area contributed by atoms with Crippen LogP contribution in [-0.4, -0.2) is 54.9 Å². The highest BCUT2D eigenvalue weighted by molar-refractivity contribution is 5.91. The lowest BCUT2D eigenvalue weighted by molar-refractivity contribution is -0.130. The Kier molecular flexibility index (Phi) is 5.84. The van der Waals surface area contributed by atoms with E-state index in [0.717, 1.165) is 28.9 Å². The number of carbonyl (C=O) groups is 2. The molecule has 1 fully saturated rings. The van der Waals surface area contributed by atoms with Gasteiger partial charge >= 0.3 is 0 Å². The highest BCUT2D eigenvalue weighted by atomic mass is 16.5. The number of methoxy groups -OCH3 is 1. The van der Waals surface area contributed by atoms with Crippen LogP contribution in [-0.2, 0) is 11.2 Å². The number of rotatable bonds is 4. The molecular weight excluding hydrogens is 344 g/mol. The fraction of sp³-hybridized carbons (Fsp3) is 0.429. The van der Waals surface area contributed by atoms with E-state index in [0.29, 0.717) is 38.4 Å². The Bertz CT molecular complexity index is 814. The van der Waals surface area contributed by atoms with E-state index in [1.54, 1.807) is 24.1 Å². The first-order valence-corrected chi connectivity index (χ1v) is 9.24. The van der Waals surface area contributed by atoms with Gasteiger partial charge in [0.1, 0.15) is 5.75 Å². The van der Waals surface area contributed by atoms with E-state index in [2.05, 4.69) is 0 Å². The highest BCUT2D eigenvalue weighted by Gasteiger charge is 2.24. The molecule has 2 aromatic rings. The van der Waals surface area contributed by atoms with Crippen molar-refractivity contribution in [3.8, 4) is 5.75 Å². The van der Waals surface area contributed by atoms with Crippen molar-refractivity contribution in [3.63, 3.8) is 0 Å². The molecule has 0 saturated carbocycles. The summed E-state index contributed by atoms with van der Waals surface area (Å²) in [6, 6.07) is 7.38. The number of ether oxygens (including phenoxy) is 1. The minimum absolute atomic E-state index is 0.0591. The maximum absolute atomic E-state index is 12.8. The molecule has 1 aromatic heterocycles. The van der Waals surface area contributed by atoms with Crippen LogP contribution in [0.2, 0.25) is 0 Å². The van der Waals surface area contributed by atoms with E-state index in [4.69, 9.17) is 9.15 Å². The van der Waals surface area contributed by atoms with Gasteiger partial charge in [0, 0.05) is 31.7 Å². The smallest absolute Gasteiger partial charge is 0.289 e. The Labute approximate surface area is 159 Å². The molecule has 2 heterocycles. The Morgan fingerprint density at radius 3 is 2.48 bits per heavy atom. The van der Waals surface area contributed by atoms with Gasteiger partial charge in [0.2, 0.25) is 5.91 Å². The quantitative estimate of drug-likeness (QED) is 0.830. The Hall–Kier alpha value is -2.76. The third-order valence-corrected chi connectivity index (χ3v) is 5.11. The molecule has 1 aliphatic heterocycles. The predicted molar refractivity (Wildman–Crippen MR) is 102 cm³/mol. The molecule has 144 valence electrons. The van der Waals surface area contributed by atoms with Gasteiger partial charge in [-0.25, -0.2) is 0 Å². The van der Waals surface area contributed by atoms with Crippen LogP contribution in [0.3, 0.4) is 0 Å². The molecule has 27 heavy (non-hydrogen) atoms. The van der Waals surface area contributed by atoms with E-state index in [1.165, 1.54) is 6.26 Å². The van der Waals surface area contributed by atoms with Crippen molar-refractivity contribution in [1.29, 1.82) is 0 Å². The van der Waals surface area contributed by atoms with Crippen LogP contribution in [0.4, 0.5) is 0 Å². The molecule has 0 bridgehead atoms. The molecule has 2 amide bonds. The van der Waals surface area contributed by atoms with Crippen molar-refractivity contribution in [1.82, 2.24) is 9.80 Å². The van der Waals surface area contributed by atoms with E-state index >= 15 is 0 Å². The number of furan rings is 1. The summed E-state index contributed by atoms with van der Waals surface area (Å²) in [5, 5.41) is 0. The molecule has 1 aromatic carbocycles. The monoisotopic (exact) mass is 370 g/mol. The van der Waals surface area contributed by atoms with Crippen molar-refractivity contribution < 1.29 is 18.7 Å². The van der Waals surface area contributed by atoms with Gasteiger partial charge in [-0.1, -0.05) is 6.07 Å². The van der Waals surface area contributed by atoms with E-state index < -0.39 is 0 Å². The van der Waals surface area contributed by atoms with Gasteiger partial charge in [-0.3, -0.25) is 9.59 Å². The number of nitrogens with zero attached hydrogens (tertiary/aromatic N) is 2. The molecule has 1 saturated heterocycles. The molecule has 3 rings (SSSR count). The summed E-state index contributed by atoms with van der Waals surface area (Å²) < 4.78 is 10.7. The SMILES string of the molecule is COc1cc(C)c(C)cc1CC(=O)N1CCCN(C(=O)c2ccco2)CC1. The minimum atomic E-state index is -0.120. The average molecular weight is 370 g/mol. The van der Waals surface area contributed by atoms with Crippen molar-refractivity contribution in [3.05, 3.63) is 53.0 Å². The Balaban J connectivity index is 1.65. The molecular formula is C21H26N2O4. The van der Waals surface area contributed by atoms with Crippen LogP contribution in [0.5, 0.6) is 5.75 Å².